The molecule has 3 aliphatic carbocycles. The maximum absolute atomic E-state index is 3.00. The van der Waals surface area contributed by atoms with Crippen molar-refractivity contribution in [3.05, 3.63) is 162 Å². The molecule has 5 atom stereocenters. The molecule has 0 bridgehead atoms. The van der Waals surface area contributed by atoms with Crippen LogP contribution < -0.4 is 24.8 Å². The number of rotatable bonds is 4. The third-order valence-corrected chi connectivity index (χ3v) is 23.4. The van der Waals surface area contributed by atoms with Crippen molar-refractivity contribution in [2.24, 2.45) is 17.3 Å². The maximum Gasteiger partial charge on any atom is -1.00 e. The van der Waals surface area contributed by atoms with Crippen molar-refractivity contribution in [1.82, 2.24) is 0 Å². The van der Waals surface area contributed by atoms with Gasteiger partial charge >= 0.3 is 323 Å². The van der Waals surface area contributed by atoms with Crippen LogP contribution in [0.15, 0.2) is 112 Å². The monoisotopic (exact) mass is 828 g/mol. The number of halogens is 2. The van der Waals surface area contributed by atoms with Crippen LogP contribution in [-0.2, 0) is 24.4 Å². The van der Waals surface area contributed by atoms with Crippen molar-refractivity contribution in [2.75, 3.05) is 0 Å². The SMILES string of the molecule is Cc1cc2c(c(C)c1C)C(C)c1c3c(c4ccccc4c1-2)C(C)C(C)C(C)[C]3(C)[Zr+2]([C]1=CC(C(C)(C)C)=CC1)=[C](c1ccccc1)c1ccccc1.[Cl-].[Cl-]. The summed E-state index contributed by atoms with van der Waals surface area (Å²) in [7, 11) is 0. The van der Waals surface area contributed by atoms with Gasteiger partial charge in [0.15, 0.2) is 0 Å². The molecule has 54 heavy (non-hydrogen) atoms. The zero-order valence-corrected chi connectivity index (χ0v) is 38.1. The smallest absolute Gasteiger partial charge is 1.00 e. The number of allylic oxidation sites excluding steroid dienone is 4. The number of benzene rings is 5. The molecule has 5 unspecified atom stereocenters. The van der Waals surface area contributed by atoms with E-state index in [1.54, 1.807) is 28.7 Å². The minimum atomic E-state index is -3.00. The van der Waals surface area contributed by atoms with Gasteiger partial charge in [0, 0.05) is 0 Å². The molecular weight excluding hydrogens is 775 g/mol. The largest absolute Gasteiger partial charge is 1.00 e. The van der Waals surface area contributed by atoms with Gasteiger partial charge in [-0.25, -0.2) is 0 Å². The molecule has 0 aliphatic heterocycles. The van der Waals surface area contributed by atoms with E-state index < -0.39 is 21.3 Å². The van der Waals surface area contributed by atoms with E-state index in [0.29, 0.717) is 23.7 Å². The molecule has 0 saturated heterocycles. The molecule has 0 saturated carbocycles. The summed E-state index contributed by atoms with van der Waals surface area (Å²) in [5.41, 5.74) is 18.4. The summed E-state index contributed by atoms with van der Waals surface area (Å²) < 4.78 is 3.42. The van der Waals surface area contributed by atoms with Gasteiger partial charge in [-0.1, -0.05) is 0 Å². The first kappa shape index (κ1) is 40.8. The Morgan fingerprint density at radius 1 is 0.704 bits per heavy atom. The van der Waals surface area contributed by atoms with Crippen molar-refractivity contribution in [3.63, 3.8) is 0 Å². The summed E-state index contributed by atoms with van der Waals surface area (Å²) in [5, 5.41) is 2.94. The van der Waals surface area contributed by atoms with Gasteiger partial charge < -0.3 is 24.8 Å². The van der Waals surface area contributed by atoms with E-state index in [0.717, 1.165) is 6.42 Å². The van der Waals surface area contributed by atoms with Crippen molar-refractivity contribution < 1.29 is 46.1 Å². The van der Waals surface area contributed by atoms with Crippen molar-refractivity contribution in [2.45, 2.75) is 97.5 Å². The molecule has 0 heterocycles. The van der Waals surface area contributed by atoms with Crippen molar-refractivity contribution in [1.29, 1.82) is 0 Å². The molecule has 5 aromatic rings. The fourth-order valence-electron chi connectivity index (χ4n) is 10.7. The summed E-state index contributed by atoms with van der Waals surface area (Å²) in [4.78, 5) is 0. The molecule has 0 spiro atoms. The molecule has 0 N–H and O–H groups in total. The fraction of sp³-hybridized carbons (Fsp3) is 0.353. The fourth-order valence-corrected chi connectivity index (χ4v) is 21.2. The molecular formula is C51H56Cl2Zr. The number of fused-ring (bicyclic) bond motifs is 8. The van der Waals surface area contributed by atoms with Gasteiger partial charge in [0.05, 0.1) is 0 Å². The van der Waals surface area contributed by atoms with Crippen molar-refractivity contribution >= 4 is 14.0 Å². The average Bonchev–Trinajstić information content (AvgIpc) is 3.75. The van der Waals surface area contributed by atoms with Gasteiger partial charge in [-0.3, -0.25) is 0 Å². The Kier molecular flexibility index (Phi) is 11.3. The van der Waals surface area contributed by atoms with Gasteiger partial charge in [0.2, 0.25) is 0 Å². The molecule has 0 aromatic heterocycles. The molecule has 8 rings (SSSR count). The van der Waals surface area contributed by atoms with Gasteiger partial charge in [0.1, 0.15) is 0 Å². The number of hydrogen-bond donors (Lipinski definition) is 0. The van der Waals surface area contributed by atoms with E-state index in [2.05, 4.69) is 179 Å². The van der Waals surface area contributed by atoms with Crippen LogP contribution in [0, 0.1) is 38.0 Å². The van der Waals surface area contributed by atoms with Crippen LogP contribution in [0.4, 0.5) is 0 Å². The summed E-state index contributed by atoms with van der Waals surface area (Å²) in [6, 6.07) is 35.2. The van der Waals surface area contributed by atoms with E-state index in [1.807, 2.05) is 0 Å². The predicted molar refractivity (Wildman–Crippen MR) is 222 cm³/mol. The van der Waals surface area contributed by atoms with E-state index in [1.165, 1.54) is 55.3 Å². The first-order valence-electron chi connectivity index (χ1n) is 19.7. The second-order valence-electron chi connectivity index (χ2n) is 17.7. The molecule has 3 heteroatoms. The normalized spacial score (nSPS) is 22.5. The summed E-state index contributed by atoms with van der Waals surface area (Å²) in [6.07, 6.45) is 6.37. The zero-order chi connectivity index (χ0) is 36.9. The van der Waals surface area contributed by atoms with Crippen LogP contribution >= 0.6 is 0 Å². The minimum absolute atomic E-state index is 0. The Hall–Kier alpha value is -2.83. The molecule has 5 aromatic carbocycles. The van der Waals surface area contributed by atoms with Gasteiger partial charge in [-0.15, -0.1) is 0 Å². The molecule has 278 valence electrons. The van der Waals surface area contributed by atoms with Gasteiger partial charge in [0.25, 0.3) is 0 Å². The molecule has 0 amide bonds. The third-order valence-electron chi connectivity index (χ3n) is 14.1. The van der Waals surface area contributed by atoms with Gasteiger partial charge in [-0.2, -0.15) is 0 Å². The summed E-state index contributed by atoms with van der Waals surface area (Å²) in [6.45, 7) is 27.4. The Bertz CT molecular complexity index is 2310. The zero-order valence-electron chi connectivity index (χ0n) is 34.1. The van der Waals surface area contributed by atoms with E-state index in [9.17, 15) is 0 Å². The second-order valence-corrected chi connectivity index (χ2v) is 24.9. The Balaban J connectivity index is 0.00000249. The third kappa shape index (κ3) is 6.06. The number of hydrogen-bond acceptors (Lipinski definition) is 0. The number of aryl methyl sites for hydroxylation is 1. The summed E-state index contributed by atoms with van der Waals surface area (Å²) >= 11 is -3.00. The Labute approximate surface area is 345 Å². The average molecular weight is 831 g/mol. The molecule has 0 nitrogen and oxygen atoms in total. The van der Waals surface area contributed by atoms with Gasteiger partial charge in [-0.05, 0) is 0 Å². The topological polar surface area (TPSA) is 0 Å². The van der Waals surface area contributed by atoms with Crippen molar-refractivity contribution in [3.8, 4) is 11.1 Å². The van der Waals surface area contributed by atoms with E-state index in [4.69, 9.17) is 0 Å². The van der Waals surface area contributed by atoms with Crippen LogP contribution in [0.25, 0.3) is 21.9 Å². The van der Waals surface area contributed by atoms with Crippen LogP contribution in [0.1, 0.15) is 124 Å². The van der Waals surface area contributed by atoms with E-state index >= 15 is 0 Å². The first-order valence-corrected chi connectivity index (χ1v) is 23.4. The molecule has 0 radical (unpaired) electrons. The maximum atomic E-state index is 2.78. The summed E-state index contributed by atoms with van der Waals surface area (Å²) in [5.74, 6) is 1.87. The van der Waals surface area contributed by atoms with Crippen LogP contribution in [0.2, 0.25) is 0 Å². The van der Waals surface area contributed by atoms with Crippen LogP contribution in [0.3, 0.4) is 0 Å². The standard InChI is InChI=1S/C29H33.C13H10.C9H13.2ClH.Zr/c1-14-13-24-25(18(5)15(14)2)21(8)28-27-20(7)17(4)16(3)19(6)26(27)22-11-9-10-12-23(22)29(24)28;1-3-7-12(8-4-1)11-13-9-5-2-6-10-13;1-9(2,3)8-6-4-5-7-8;;;/h9-13,16-17,19,21H,1-8H3;1-10H;6-7H,4H2,1-3H3;2*1H;/q;;;;;+2/p-2. The van der Waals surface area contributed by atoms with E-state index in [-0.39, 0.29) is 33.4 Å². The Morgan fingerprint density at radius 3 is 1.81 bits per heavy atom. The predicted octanol–water partition coefficient (Wildman–Crippen LogP) is 7.66. The second kappa shape index (κ2) is 14.9. The Morgan fingerprint density at radius 2 is 1.26 bits per heavy atom. The van der Waals surface area contributed by atoms with Crippen LogP contribution in [0.5, 0.6) is 0 Å². The quantitative estimate of drug-likeness (QED) is 0.175. The first-order chi connectivity index (χ1) is 24.8. The van der Waals surface area contributed by atoms with Crippen LogP contribution in [-0.4, -0.2) is 3.21 Å². The molecule has 0 fully saturated rings. The minimum Gasteiger partial charge on any atom is -1.00 e. The molecule has 3 aliphatic rings.